The monoisotopic (exact) mass is 383 g/mol. The average Bonchev–Trinajstić information content (AvgIpc) is 2.97. The molecule has 5 nitrogen and oxygen atoms in total. The average molecular weight is 383 g/mol. The van der Waals surface area contributed by atoms with Crippen LogP contribution in [-0.2, 0) is 0 Å². The highest BCUT2D eigenvalue weighted by molar-refractivity contribution is 14.1. The largest absolute Gasteiger partial charge is 0.357 e. The number of hydrogen-bond donors (Lipinski definition) is 1. The van der Waals surface area contributed by atoms with Crippen molar-refractivity contribution in [3.63, 3.8) is 0 Å². The summed E-state index contributed by atoms with van der Waals surface area (Å²) in [4.78, 5) is 4.37. The molecule has 0 aromatic carbocycles. The SMILES string of the molecule is Ic1cnc2cc(-c3nnc(NC4CC4)s3)ccn12. The number of aromatic nitrogens is 4. The molecule has 1 N–H and O–H groups in total. The van der Waals surface area contributed by atoms with E-state index < -0.39 is 0 Å². The van der Waals surface area contributed by atoms with E-state index in [-0.39, 0.29) is 0 Å². The number of nitrogens with zero attached hydrogens (tertiary/aromatic N) is 4. The van der Waals surface area contributed by atoms with Crippen molar-refractivity contribution in [2.24, 2.45) is 0 Å². The number of imidazole rings is 1. The molecular formula is C12H10IN5S. The minimum atomic E-state index is 0.608. The van der Waals surface area contributed by atoms with Crippen LogP contribution >= 0.6 is 33.9 Å². The molecule has 1 fully saturated rings. The van der Waals surface area contributed by atoms with Gasteiger partial charge in [0, 0.05) is 17.8 Å². The van der Waals surface area contributed by atoms with E-state index in [1.54, 1.807) is 11.3 Å². The molecule has 96 valence electrons. The first kappa shape index (κ1) is 11.6. The molecule has 7 heteroatoms. The second kappa shape index (κ2) is 4.41. The number of anilines is 1. The zero-order valence-corrected chi connectivity index (χ0v) is 12.9. The normalized spacial score (nSPS) is 15.0. The van der Waals surface area contributed by atoms with Crippen molar-refractivity contribution in [3.8, 4) is 10.6 Å². The molecule has 0 spiro atoms. The smallest absolute Gasteiger partial charge is 0.206 e. The van der Waals surface area contributed by atoms with Crippen LogP contribution in [0.2, 0.25) is 0 Å². The lowest BCUT2D eigenvalue weighted by atomic mass is 10.3. The minimum absolute atomic E-state index is 0.608. The summed E-state index contributed by atoms with van der Waals surface area (Å²) in [6, 6.07) is 4.71. The highest BCUT2D eigenvalue weighted by Crippen LogP contribution is 2.31. The fourth-order valence-corrected chi connectivity index (χ4v) is 3.25. The second-order valence-corrected chi connectivity index (χ2v) is 6.64. The first-order chi connectivity index (χ1) is 9.29. The maximum atomic E-state index is 4.37. The molecule has 3 aromatic rings. The molecule has 3 heterocycles. The Morgan fingerprint density at radius 2 is 2.26 bits per heavy atom. The van der Waals surface area contributed by atoms with Gasteiger partial charge >= 0.3 is 0 Å². The summed E-state index contributed by atoms with van der Waals surface area (Å²) in [5.41, 5.74) is 2.00. The zero-order valence-electron chi connectivity index (χ0n) is 9.88. The third-order valence-corrected chi connectivity index (χ3v) is 4.75. The molecule has 4 rings (SSSR count). The van der Waals surface area contributed by atoms with Crippen molar-refractivity contribution in [2.75, 3.05) is 5.32 Å². The third kappa shape index (κ3) is 2.20. The van der Waals surface area contributed by atoms with E-state index in [4.69, 9.17) is 0 Å². The lowest BCUT2D eigenvalue weighted by molar-refractivity contribution is 1.05. The van der Waals surface area contributed by atoms with E-state index in [9.17, 15) is 0 Å². The van der Waals surface area contributed by atoms with E-state index in [0.29, 0.717) is 6.04 Å². The van der Waals surface area contributed by atoms with Crippen molar-refractivity contribution in [3.05, 3.63) is 28.2 Å². The molecule has 0 amide bonds. The number of fused-ring (bicyclic) bond motifs is 1. The molecule has 0 atom stereocenters. The number of pyridine rings is 1. The van der Waals surface area contributed by atoms with Crippen LogP contribution in [0.4, 0.5) is 5.13 Å². The van der Waals surface area contributed by atoms with Crippen LogP contribution in [0.5, 0.6) is 0 Å². The van der Waals surface area contributed by atoms with Crippen LogP contribution in [0.1, 0.15) is 12.8 Å². The van der Waals surface area contributed by atoms with Crippen LogP contribution in [0, 0.1) is 3.70 Å². The summed E-state index contributed by atoms with van der Waals surface area (Å²) in [6.45, 7) is 0. The Kier molecular flexibility index (Phi) is 2.69. The van der Waals surface area contributed by atoms with Gasteiger partial charge in [-0.2, -0.15) is 0 Å². The summed E-state index contributed by atoms with van der Waals surface area (Å²) in [7, 11) is 0. The Balaban J connectivity index is 1.70. The quantitative estimate of drug-likeness (QED) is 0.707. The van der Waals surface area contributed by atoms with Crippen LogP contribution < -0.4 is 5.32 Å². The second-order valence-electron chi connectivity index (χ2n) is 4.56. The van der Waals surface area contributed by atoms with Gasteiger partial charge in [-0.05, 0) is 47.6 Å². The Hall–Kier alpha value is -1.22. The summed E-state index contributed by atoms with van der Waals surface area (Å²) < 4.78 is 3.15. The van der Waals surface area contributed by atoms with Gasteiger partial charge in [0.15, 0.2) is 0 Å². The van der Waals surface area contributed by atoms with Crippen molar-refractivity contribution in [1.82, 2.24) is 19.6 Å². The van der Waals surface area contributed by atoms with Crippen molar-refractivity contribution < 1.29 is 0 Å². The molecule has 0 unspecified atom stereocenters. The predicted octanol–water partition coefficient (Wildman–Crippen LogP) is 3.03. The van der Waals surface area contributed by atoms with E-state index in [1.165, 1.54) is 12.8 Å². The molecule has 1 saturated carbocycles. The van der Waals surface area contributed by atoms with Gasteiger partial charge in [0.05, 0.1) is 6.20 Å². The molecule has 1 aliphatic carbocycles. The van der Waals surface area contributed by atoms with Crippen LogP contribution in [0.25, 0.3) is 16.2 Å². The highest BCUT2D eigenvalue weighted by atomic mass is 127. The van der Waals surface area contributed by atoms with Crippen LogP contribution in [-0.4, -0.2) is 25.6 Å². The summed E-state index contributed by atoms with van der Waals surface area (Å²) in [5.74, 6) is 0. The number of hydrogen-bond acceptors (Lipinski definition) is 5. The fraction of sp³-hybridized carbons (Fsp3) is 0.250. The molecule has 3 aromatic heterocycles. The maximum absolute atomic E-state index is 4.37. The van der Waals surface area contributed by atoms with Gasteiger partial charge in [0.1, 0.15) is 14.4 Å². The molecule has 19 heavy (non-hydrogen) atoms. The van der Waals surface area contributed by atoms with E-state index >= 15 is 0 Å². The van der Waals surface area contributed by atoms with Gasteiger partial charge in [0.25, 0.3) is 0 Å². The molecule has 0 radical (unpaired) electrons. The van der Waals surface area contributed by atoms with E-state index in [2.05, 4.69) is 53.6 Å². The van der Waals surface area contributed by atoms with Gasteiger partial charge in [-0.25, -0.2) is 4.98 Å². The Morgan fingerprint density at radius 3 is 3.11 bits per heavy atom. The number of rotatable bonds is 3. The van der Waals surface area contributed by atoms with Gasteiger partial charge in [-0.3, -0.25) is 4.40 Å². The van der Waals surface area contributed by atoms with E-state index in [0.717, 1.165) is 25.1 Å². The molecule has 0 aliphatic heterocycles. The number of halogens is 1. The van der Waals surface area contributed by atoms with Gasteiger partial charge < -0.3 is 5.32 Å². The Bertz CT molecular complexity index is 746. The minimum Gasteiger partial charge on any atom is -0.357 e. The van der Waals surface area contributed by atoms with Crippen molar-refractivity contribution >= 4 is 44.7 Å². The third-order valence-electron chi connectivity index (χ3n) is 3.04. The van der Waals surface area contributed by atoms with E-state index in [1.807, 2.05) is 18.5 Å². The summed E-state index contributed by atoms with van der Waals surface area (Å²) in [6.07, 6.45) is 6.37. The van der Waals surface area contributed by atoms with Gasteiger partial charge in [-0.15, -0.1) is 10.2 Å². The lowest BCUT2D eigenvalue weighted by Crippen LogP contribution is -1.99. The first-order valence-corrected chi connectivity index (χ1v) is 7.92. The van der Waals surface area contributed by atoms with Crippen molar-refractivity contribution in [2.45, 2.75) is 18.9 Å². The first-order valence-electron chi connectivity index (χ1n) is 6.02. The zero-order chi connectivity index (χ0) is 12.8. The lowest BCUT2D eigenvalue weighted by Gasteiger charge is -1.98. The standard InChI is InChI=1S/C12H10IN5S/c13-9-6-14-10-5-7(3-4-18(9)10)11-16-17-12(19-11)15-8-1-2-8/h3-6,8H,1-2H2,(H,15,17). The maximum Gasteiger partial charge on any atom is 0.206 e. The Morgan fingerprint density at radius 1 is 1.37 bits per heavy atom. The molecule has 0 bridgehead atoms. The van der Waals surface area contributed by atoms with Crippen LogP contribution in [0.15, 0.2) is 24.5 Å². The van der Waals surface area contributed by atoms with Gasteiger partial charge in [-0.1, -0.05) is 11.3 Å². The Labute approximate surface area is 127 Å². The number of nitrogens with one attached hydrogen (secondary N) is 1. The van der Waals surface area contributed by atoms with Gasteiger partial charge in [0.2, 0.25) is 5.13 Å². The molecular weight excluding hydrogens is 373 g/mol. The molecule has 0 saturated heterocycles. The van der Waals surface area contributed by atoms with Crippen LogP contribution in [0.3, 0.4) is 0 Å². The predicted molar refractivity (Wildman–Crippen MR) is 83.5 cm³/mol. The highest BCUT2D eigenvalue weighted by Gasteiger charge is 2.22. The molecule has 1 aliphatic rings. The summed E-state index contributed by atoms with van der Waals surface area (Å²) in [5, 5.41) is 13.7. The fourth-order valence-electron chi connectivity index (χ4n) is 1.88. The topological polar surface area (TPSA) is 55.1 Å². The van der Waals surface area contributed by atoms with Crippen molar-refractivity contribution in [1.29, 1.82) is 0 Å². The summed E-state index contributed by atoms with van der Waals surface area (Å²) >= 11 is 3.87.